The standard InChI is InChI=1S/C16H28N2O2/c1-11(2)12(3)10-18-13(4)14(19)17-16(15(18)20)8-6-5-7-9-16/h11-13H,5-10H2,1-4H3,(H,17,19). The van der Waals surface area contributed by atoms with Crippen molar-refractivity contribution >= 4 is 11.8 Å². The number of hydrogen-bond acceptors (Lipinski definition) is 2. The number of rotatable bonds is 3. The van der Waals surface area contributed by atoms with Crippen LogP contribution in [-0.4, -0.2) is 34.8 Å². The fourth-order valence-electron chi connectivity index (χ4n) is 3.24. The molecule has 1 aliphatic carbocycles. The Morgan fingerprint density at radius 1 is 1.20 bits per heavy atom. The van der Waals surface area contributed by atoms with Gasteiger partial charge in [-0.2, -0.15) is 0 Å². The summed E-state index contributed by atoms with van der Waals surface area (Å²) in [5, 5.41) is 3.03. The molecule has 1 spiro atoms. The minimum atomic E-state index is -0.599. The molecule has 114 valence electrons. The molecule has 20 heavy (non-hydrogen) atoms. The van der Waals surface area contributed by atoms with E-state index < -0.39 is 5.54 Å². The summed E-state index contributed by atoms with van der Waals surface area (Å²) in [6.07, 6.45) is 4.85. The quantitative estimate of drug-likeness (QED) is 0.862. The molecule has 0 bridgehead atoms. The number of carbonyl (C=O) groups excluding carboxylic acids is 2. The average molecular weight is 280 g/mol. The Hall–Kier alpha value is -1.06. The second-order valence-electron chi connectivity index (χ2n) is 6.99. The Morgan fingerprint density at radius 2 is 1.80 bits per heavy atom. The van der Waals surface area contributed by atoms with Gasteiger partial charge < -0.3 is 10.2 Å². The van der Waals surface area contributed by atoms with Crippen molar-refractivity contribution in [2.75, 3.05) is 6.54 Å². The van der Waals surface area contributed by atoms with E-state index in [2.05, 4.69) is 26.1 Å². The van der Waals surface area contributed by atoms with Crippen LogP contribution in [0.3, 0.4) is 0 Å². The van der Waals surface area contributed by atoms with Gasteiger partial charge in [0.05, 0.1) is 0 Å². The Kier molecular flexibility index (Phi) is 4.40. The van der Waals surface area contributed by atoms with Crippen molar-refractivity contribution in [2.45, 2.75) is 71.4 Å². The number of piperazine rings is 1. The van der Waals surface area contributed by atoms with Crippen LogP contribution in [0.4, 0.5) is 0 Å². The lowest BCUT2D eigenvalue weighted by Crippen LogP contribution is -2.70. The molecule has 2 amide bonds. The highest BCUT2D eigenvalue weighted by Crippen LogP contribution is 2.33. The maximum atomic E-state index is 12.9. The van der Waals surface area contributed by atoms with Gasteiger partial charge in [0.1, 0.15) is 11.6 Å². The van der Waals surface area contributed by atoms with E-state index in [1.165, 1.54) is 6.42 Å². The van der Waals surface area contributed by atoms with Gasteiger partial charge >= 0.3 is 0 Å². The minimum Gasteiger partial charge on any atom is -0.340 e. The molecule has 2 unspecified atom stereocenters. The van der Waals surface area contributed by atoms with Gasteiger partial charge in [-0.15, -0.1) is 0 Å². The van der Waals surface area contributed by atoms with Gasteiger partial charge in [0, 0.05) is 6.54 Å². The molecule has 2 rings (SSSR count). The van der Waals surface area contributed by atoms with Gasteiger partial charge in [0.2, 0.25) is 11.8 Å². The summed E-state index contributed by atoms with van der Waals surface area (Å²) in [6, 6.07) is -0.337. The van der Waals surface area contributed by atoms with Crippen LogP contribution in [0.2, 0.25) is 0 Å². The lowest BCUT2D eigenvalue weighted by atomic mass is 9.78. The second-order valence-corrected chi connectivity index (χ2v) is 6.99. The van der Waals surface area contributed by atoms with E-state index in [9.17, 15) is 9.59 Å². The number of amides is 2. The molecule has 2 atom stereocenters. The van der Waals surface area contributed by atoms with Crippen molar-refractivity contribution in [3.05, 3.63) is 0 Å². The van der Waals surface area contributed by atoms with Crippen molar-refractivity contribution in [2.24, 2.45) is 11.8 Å². The Labute approximate surface area is 122 Å². The average Bonchev–Trinajstić information content (AvgIpc) is 2.42. The number of hydrogen-bond donors (Lipinski definition) is 1. The molecule has 0 radical (unpaired) electrons. The third-order valence-electron chi connectivity index (χ3n) is 5.21. The first-order valence-corrected chi connectivity index (χ1v) is 8.00. The third-order valence-corrected chi connectivity index (χ3v) is 5.21. The normalized spacial score (nSPS) is 27.9. The molecule has 1 heterocycles. The molecule has 0 aromatic heterocycles. The van der Waals surface area contributed by atoms with Crippen LogP contribution in [-0.2, 0) is 9.59 Å². The van der Waals surface area contributed by atoms with Crippen LogP contribution in [0.1, 0.15) is 59.8 Å². The van der Waals surface area contributed by atoms with E-state index >= 15 is 0 Å². The molecule has 1 saturated carbocycles. The maximum Gasteiger partial charge on any atom is 0.249 e. The van der Waals surface area contributed by atoms with Crippen molar-refractivity contribution in [1.82, 2.24) is 10.2 Å². The molecule has 1 saturated heterocycles. The molecule has 4 heteroatoms. The highest BCUT2D eigenvalue weighted by molar-refractivity contribution is 5.99. The van der Waals surface area contributed by atoms with Crippen LogP contribution < -0.4 is 5.32 Å². The highest BCUT2D eigenvalue weighted by atomic mass is 16.2. The van der Waals surface area contributed by atoms with E-state index in [1.807, 2.05) is 11.8 Å². The summed E-state index contributed by atoms with van der Waals surface area (Å²) in [6.45, 7) is 9.02. The first-order valence-electron chi connectivity index (χ1n) is 8.00. The SMILES string of the molecule is CC(C)C(C)CN1C(=O)C2(CCCCC2)NC(=O)C1C. The van der Waals surface area contributed by atoms with E-state index in [1.54, 1.807) is 0 Å². The molecule has 2 fully saturated rings. The summed E-state index contributed by atoms with van der Waals surface area (Å²) >= 11 is 0. The topological polar surface area (TPSA) is 49.4 Å². The molecule has 0 aromatic carbocycles. The lowest BCUT2D eigenvalue weighted by molar-refractivity contribution is -0.156. The molecule has 1 aliphatic heterocycles. The molecule has 2 aliphatic rings. The lowest BCUT2D eigenvalue weighted by Gasteiger charge is -2.47. The molecular formula is C16H28N2O2. The van der Waals surface area contributed by atoms with Crippen LogP contribution in [0.25, 0.3) is 0 Å². The van der Waals surface area contributed by atoms with E-state index in [4.69, 9.17) is 0 Å². The first kappa shape index (κ1) is 15.3. The van der Waals surface area contributed by atoms with Gasteiger partial charge in [0.25, 0.3) is 0 Å². The summed E-state index contributed by atoms with van der Waals surface area (Å²) < 4.78 is 0. The first-order chi connectivity index (χ1) is 9.37. The van der Waals surface area contributed by atoms with Crippen molar-refractivity contribution in [1.29, 1.82) is 0 Å². The van der Waals surface area contributed by atoms with Gasteiger partial charge in [-0.05, 0) is 31.6 Å². The van der Waals surface area contributed by atoms with Crippen LogP contribution in [0.15, 0.2) is 0 Å². The zero-order chi connectivity index (χ0) is 14.9. The predicted octanol–water partition coefficient (Wildman–Crippen LogP) is 2.33. The highest BCUT2D eigenvalue weighted by Gasteiger charge is 2.49. The zero-order valence-corrected chi connectivity index (χ0v) is 13.2. The van der Waals surface area contributed by atoms with E-state index in [-0.39, 0.29) is 17.9 Å². The number of nitrogens with zero attached hydrogens (tertiary/aromatic N) is 1. The van der Waals surface area contributed by atoms with Crippen LogP contribution in [0.5, 0.6) is 0 Å². The van der Waals surface area contributed by atoms with Crippen LogP contribution in [0, 0.1) is 11.8 Å². The third kappa shape index (κ3) is 2.70. The zero-order valence-electron chi connectivity index (χ0n) is 13.2. The Bertz CT molecular complexity index is 386. The minimum absolute atomic E-state index is 0.0162. The molecule has 4 nitrogen and oxygen atoms in total. The summed E-state index contributed by atoms with van der Waals surface area (Å²) in [5.41, 5.74) is -0.599. The molecule has 0 aromatic rings. The van der Waals surface area contributed by atoms with E-state index in [0.717, 1.165) is 25.7 Å². The Balaban J connectivity index is 2.20. The van der Waals surface area contributed by atoms with Crippen molar-refractivity contribution in [3.63, 3.8) is 0 Å². The molecular weight excluding hydrogens is 252 g/mol. The predicted molar refractivity (Wildman–Crippen MR) is 79.1 cm³/mol. The van der Waals surface area contributed by atoms with E-state index in [0.29, 0.717) is 18.4 Å². The number of carbonyl (C=O) groups is 2. The fraction of sp³-hybridized carbons (Fsp3) is 0.875. The van der Waals surface area contributed by atoms with Gasteiger partial charge in [-0.1, -0.05) is 40.0 Å². The summed E-state index contributed by atoms with van der Waals surface area (Å²) in [4.78, 5) is 27.0. The van der Waals surface area contributed by atoms with Crippen LogP contribution >= 0.6 is 0 Å². The van der Waals surface area contributed by atoms with Gasteiger partial charge in [-0.25, -0.2) is 0 Å². The summed E-state index contributed by atoms with van der Waals surface area (Å²) in [7, 11) is 0. The van der Waals surface area contributed by atoms with Gasteiger partial charge in [-0.3, -0.25) is 9.59 Å². The summed E-state index contributed by atoms with van der Waals surface area (Å²) in [5.74, 6) is 1.09. The van der Waals surface area contributed by atoms with Crippen molar-refractivity contribution in [3.8, 4) is 0 Å². The van der Waals surface area contributed by atoms with Gasteiger partial charge in [0.15, 0.2) is 0 Å². The smallest absolute Gasteiger partial charge is 0.249 e. The fourth-order valence-corrected chi connectivity index (χ4v) is 3.24. The molecule has 1 N–H and O–H groups in total. The van der Waals surface area contributed by atoms with Crippen molar-refractivity contribution < 1.29 is 9.59 Å². The second kappa shape index (κ2) is 5.74. The largest absolute Gasteiger partial charge is 0.340 e. The number of nitrogens with one attached hydrogen (secondary N) is 1. The Morgan fingerprint density at radius 3 is 2.35 bits per heavy atom. The maximum absolute atomic E-state index is 12.9. The monoisotopic (exact) mass is 280 g/mol.